The minimum atomic E-state index is 0.738. The molecule has 0 amide bonds. The molecule has 18 heavy (non-hydrogen) atoms. The van der Waals surface area contributed by atoms with E-state index in [2.05, 4.69) is 29.5 Å². The summed E-state index contributed by atoms with van der Waals surface area (Å²) >= 11 is 0. The summed E-state index contributed by atoms with van der Waals surface area (Å²) in [4.78, 5) is 0. The Hall–Kier alpha value is -0.900. The van der Waals surface area contributed by atoms with E-state index in [0.29, 0.717) is 0 Å². The smallest absolute Gasteiger partial charge is 0.0692 e. The molecule has 1 aliphatic rings. The fourth-order valence-corrected chi connectivity index (χ4v) is 2.92. The molecule has 102 valence electrons. The van der Waals surface area contributed by atoms with Crippen LogP contribution in [0.2, 0.25) is 0 Å². The summed E-state index contributed by atoms with van der Waals surface area (Å²) in [5, 5.41) is 11.5. The lowest BCUT2D eigenvalue weighted by Gasteiger charge is -2.32. The molecule has 1 fully saturated rings. The molecule has 0 saturated heterocycles. The average Bonchev–Trinajstić information content (AvgIpc) is 2.88. The van der Waals surface area contributed by atoms with E-state index in [1.54, 1.807) is 6.20 Å². The van der Waals surface area contributed by atoms with Crippen molar-refractivity contribution in [1.29, 1.82) is 0 Å². The molecule has 1 heterocycles. The molecule has 2 atom stereocenters. The van der Waals surface area contributed by atoms with Gasteiger partial charge in [0.25, 0.3) is 0 Å². The quantitative estimate of drug-likeness (QED) is 0.789. The molecule has 0 bridgehead atoms. The van der Waals surface area contributed by atoms with Crippen LogP contribution in [0.25, 0.3) is 0 Å². The fraction of sp³-hybridized carbons (Fsp3) is 0.857. The van der Waals surface area contributed by atoms with Gasteiger partial charge in [-0.3, -0.25) is 4.68 Å². The molecule has 0 spiro atoms. The zero-order chi connectivity index (χ0) is 12.8. The molecule has 4 heteroatoms. The maximum atomic E-state index is 3.97. The molecule has 0 aromatic carbocycles. The average molecular weight is 250 g/mol. The number of nitrogens with zero attached hydrogens (tertiary/aromatic N) is 3. The highest BCUT2D eigenvalue weighted by molar-refractivity contribution is 4.79. The van der Waals surface area contributed by atoms with Crippen molar-refractivity contribution in [3.63, 3.8) is 0 Å². The lowest BCUT2D eigenvalue weighted by molar-refractivity contribution is 0.231. The minimum Gasteiger partial charge on any atom is -0.314 e. The van der Waals surface area contributed by atoms with Crippen LogP contribution in [0.4, 0.5) is 0 Å². The molecule has 1 N–H and O–H groups in total. The van der Waals surface area contributed by atoms with Crippen LogP contribution in [0.15, 0.2) is 12.4 Å². The third-order valence-electron chi connectivity index (χ3n) is 4.13. The van der Waals surface area contributed by atoms with Crippen molar-refractivity contribution in [1.82, 2.24) is 20.3 Å². The van der Waals surface area contributed by atoms with Gasteiger partial charge in [0, 0.05) is 18.8 Å². The summed E-state index contributed by atoms with van der Waals surface area (Å²) < 4.78 is 1.90. The van der Waals surface area contributed by atoms with Gasteiger partial charge in [-0.1, -0.05) is 31.9 Å². The van der Waals surface area contributed by atoms with Crippen molar-refractivity contribution >= 4 is 0 Å². The molecule has 1 aliphatic carbocycles. The Balaban J connectivity index is 1.61. The number of aryl methyl sites for hydroxylation is 1. The van der Waals surface area contributed by atoms with Crippen LogP contribution in [0.3, 0.4) is 0 Å². The Bertz CT molecular complexity index is 321. The predicted octanol–water partition coefficient (Wildman–Crippen LogP) is 2.47. The first-order chi connectivity index (χ1) is 8.75. The van der Waals surface area contributed by atoms with E-state index in [1.165, 1.54) is 25.7 Å². The molecule has 2 rings (SSSR count). The van der Waals surface area contributed by atoms with Crippen molar-refractivity contribution in [3.8, 4) is 0 Å². The molecule has 0 aliphatic heterocycles. The van der Waals surface area contributed by atoms with Crippen molar-refractivity contribution in [2.45, 2.75) is 58.5 Å². The van der Waals surface area contributed by atoms with Crippen LogP contribution < -0.4 is 5.32 Å². The second-order valence-corrected chi connectivity index (χ2v) is 5.84. The summed E-state index contributed by atoms with van der Waals surface area (Å²) in [6.45, 7) is 6.78. The maximum absolute atomic E-state index is 3.97. The fourth-order valence-electron chi connectivity index (χ4n) is 2.92. The highest BCUT2D eigenvalue weighted by Crippen LogP contribution is 2.29. The Labute approximate surface area is 110 Å². The van der Waals surface area contributed by atoms with Crippen molar-refractivity contribution in [2.24, 2.45) is 11.8 Å². The topological polar surface area (TPSA) is 42.7 Å². The third-order valence-corrected chi connectivity index (χ3v) is 4.13. The van der Waals surface area contributed by atoms with Gasteiger partial charge in [-0.25, -0.2) is 0 Å². The van der Waals surface area contributed by atoms with Gasteiger partial charge in [-0.15, -0.1) is 5.10 Å². The highest BCUT2D eigenvalue weighted by atomic mass is 15.4. The first-order valence-corrected chi connectivity index (χ1v) is 7.33. The van der Waals surface area contributed by atoms with Gasteiger partial charge < -0.3 is 5.32 Å². The lowest BCUT2D eigenvalue weighted by Crippen LogP contribution is -2.36. The maximum Gasteiger partial charge on any atom is 0.0692 e. The van der Waals surface area contributed by atoms with Crippen LogP contribution in [0.5, 0.6) is 0 Å². The van der Waals surface area contributed by atoms with Crippen LogP contribution in [0.1, 0.15) is 46.0 Å². The molecular formula is C14H26N4. The molecule has 2 unspecified atom stereocenters. The number of hydrogen-bond donors (Lipinski definition) is 1. The van der Waals surface area contributed by atoms with Gasteiger partial charge in [-0.05, 0) is 37.6 Å². The first kappa shape index (κ1) is 13.5. The SMILES string of the molecule is CC(C)C1CCCC(NCCCn2ccnn2)C1. The third kappa shape index (κ3) is 4.09. The molecule has 1 aromatic heterocycles. The number of nitrogens with one attached hydrogen (secondary N) is 1. The highest BCUT2D eigenvalue weighted by Gasteiger charge is 2.23. The summed E-state index contributed by atoms with van der Waals surface area (Å²) in [7, 11) is 0. The van der Waals surface area contributed by atoms with Gasteiger partial charge in [0.15, 0.2) is 0 Å². The van der Waals surface area contributed by atoms with E-state index in [0.717, 1.165) is 37.4 Å². The minimum absolute atomic E-state index is 0.738. The molecule has 1 aromatic rings. The van der Waals surface area contributed by atoms with Crippen LogP contribution >= 0.6 is 0 Å². The summed E-state index contributed by atoms with van der Waals surface area (Å²) in [5.74, 6) is 1.76. The number of rotatable bonds is 6. The number of hydrogen-bond acceptors (Lipinski definition) is 3. The van der Waals surface area contributed by atoms with Gasteiger partial charge >= 0.3 is 0 Å². The standard InChI is InChI=1S/C14H26N4/c1-12(2)13-5-3-6-14(11-13)15-7-4-9-18-10-8-16-17-18/h8,10,12-15H,3-7,9,11H2,1-2H3. The monoisotopic (exact) mass is 250 g/mol. The van der Waals surface area contributed by atoms with Crippen molar-refractivity contribution < 1.29 is 0 Å². The van der Waals surface area contributed by atoms with Crippen LogP contribution in [0, 0.1) is 11.8 Å². The Morgan fingerprint density at radius 3 is 3.00 bits per heavy atom. The van der Waals surface area contributed by atoms with E-state index >= 15 is 0 Å². The second-order valence-electron chi connectivity index (χ2n) is 5.84. The largest absolute Gasteiger partial charge is 0.314 e. The van der Waals surface area contributed by atoms with E-state index in [4.69, 9.17) is 0 Å². The normalized spacial score (nSPS) is 24.6. The van der Waals surface area contributed by atoms with Gasteiger partial charge in [0.1, 0.15) is 0 Å². The molecule has 0 radical (unpaired) electrons. The van der Waals surface area contributed by atoms with Crippen LogP contribution in [-0.2, 0) is 6.54 Å². The van der Waals surface area contributed by atoms with E-state index in [9.17, 15) is 0 Å². The Kier molecular flexibility index (Phi) is 5.17. The predicted molar refractivity (Wildman–Crippen MR) is 73.2 cm³/mol. The van der Waals surface area contributed by atoms with Crippen LogP contribution in [-0.4, -0.2) is 27.6 Å². The van der Waals surface area contributed by atoms with E-state index < -0.39 is 0 Å². The summed E-state index contributed by atoms with van der Waals surface area (Å²) in [5.41, 5.74) is 0. The Morgan fingerprint density at radius 1 is 1.39 bits per heavy atom. The van der Waals surface area contributed by atoms with E-state index in [-0.39, 0.29) is 0 Å². The van der Waals surface area contributed by atoms with Gasteiger partial charge in [-0.2, -0.15) is 0 Å². The van der Waals surface area contributed by atoms with Crippen molar-refractivity contribution in [3.05, 3.63) is 12.4 Å². The summed E-state index contributed by atoms with van der Waals surface area (Å²) in [6, 6.07) is 0.738. The van der Waals surface area contributed by atoms with Crippen molar-refractivity contribution in [2.75, 3.05) is 6.54 Å². The second kappa shape index (κ2) is 6.88. The zero-order valence-corrected chi connectivity index (χ0v) is 11.7. The number of aromatic nitrogens is 3. The first-order valence-electron chi connectivity index (χ1n) is 7.33. The van der Waals surface area contributed by atoms with E-state index in [1.807, 2.05) is 10.9 Å². The molecular weight excluding hydrogens is 224 g/mol. The zero-order valence-electron chi connectivity index (χ0n) is 11.7. The lowest BCUT2D eigenvalue weighted by atomic mass is 9.79. The Morgan fingerprint density at radius 2 is 2.28 bits per heavy atom. The molecule has 1 saturated carbocycles. The van der Waals surface area contributed by atoms with Gasteiger partial charge in [0.2, 0.25) is 0 Å². The molecule has 4 nitrogen and oxygen atoms in total. The van der Waals surface area contributed by atoms with Gasteiger partial charge in [0.05, 0.1) is 6.20 Å². The summed E-state index contributed by atoms with van der Waals surface area (Å²) in [6.07, 6.45) is 10.3.